The van der Waals surface area contributed by atoms with E-state index in [1.54, 1.807) is 24.3 Å². The van der Waals surface area contributed by atoms with Gasteiger partial charge in [0.15, 0.2) is 5.76 Å². The number of carbonyl (C=O) groups is 1. The molecule has 1 amide bonds. The molecule has 2 aromatic carbocycles. The number of halogens is 2. The average molecular weight is 420 g/mol. The van der Waals surface area contributed by atoms with E-state index in [1.807, 2.05) is 32.0 Å². The van der Waals surface area contributed by atoms with Crippen LogP contribution in [0.3, 0.4) is 0 Å². The van der Waals surface area contributed by atoms with Crippen LogP contribution in [0.5, 0.6) is 0 Å². The van der Waals surface area contributed by atoms with Gasteiger partial charge in [0.1, 0.15) is 5.76 Å². The maximum absolute atomic E-state index is 12.4. The Morgan fingerprint density at radius 3 is 2.60 bits per heavy atom. The fraction of sp³-hybridized carbons (Fsp3) is 0.105. The fourth-order valence-electron chi connectivity index (χ4n) is 2.41. The third kappa shape index (κ3) is 3.72. The molecule has 0 spiro atoms. The van der Waals surface area contributed by atoms with Crippen LogP contribution in [0.2, 0.25) is 5.02 Å². The first-order valence-electron chi connectivity index (χ1n) is 7.58. The molecule has 3 aromatic rings. The van der Waals surface area contributed by atoms with Gasteiger partial charge in [0.25, 0.3) is 5.91 Å². The molecule has 1 heterocycles. The third-order valence-electron chi connectivity index (χ3n) is 3.85. The molecule has 0 aliphatic carbocycles. The summed E-state index contributed by atoms with van der Waals surface area (Å²) in [5.74, 6) is 0.439. The maximum Gasteiger partial charge on any atom is 0.291 e. The predicted molar refractivity (Wildman–Crippen MR) is 105 cm³/mol. The lowest BCUT2D eigenvalue weighted by atomic mass is 10.1. The van der Waals surface area contributed by atoms with Gasteiger partial charge < -0.3 is 15.5 Å². The summed E-state index contributed by atoms with van der Waals surface area (Å²) in [5.41, 5.74) is 9.68. The normalized spacial score (nSPS) is 10.7. The van der Waals surface area contributed by atoms with Gasteiger partial charge in [-0.05, 0) is 61.4 Å². The quantitative estimate of drug-likeness (QED) is 0.526. The van der Waals surface area contributed by atoms with Gasteiger partial charge in [0, 0.05) is 15.1 Å². The Bertz CT molecular complexity index is 966. The lowest BCUT2D eigenvalue weighted by Crippen LogP contribution is -2.12. The lowest BCUT2D eigenvalue weighted by molar-refractivity contribution is 0.0997. The highest BCUT2D eigenvalue weighted by atomic mass is 79.9. The summed E-state index contributed by atoms with van der Waals surface area (Å²) < 4.78 is 6.71. The number of amides is 1. The summed E-state index contributed by atoms with van der Waals surface area (Å²) in [6.45, 7) is 3.84. The summed E-state index contributed by atoms with van der Waals surface area (Å²) in [7, 11) is 0. The van der Waals surface area contributed by atoms with Gasteiger partial charge in [-0.15, -0.1) is 0 Å². The number of rotatable bonds is 3. The van der Waals surface area contributed by atoms with Gasteiger partial charge >= 0.3 is 0 Å². The van der Waals surface area contributed by atoms with Crippen molar-refractivity contribution in [1.82, 2.24) is 0 Å². The lowest BCUT2D eigenvalue weighted by Gasteiger charge is -2.09. The van der Waals surface area contributed by atoms with E-state index >= 15 is 0 Å². The van der Waals surface area contributed by atoms with E-state index in [4.69, 9.17) is 21.8 Å². The monoisotopic (exact) mass is 418 g/mol. The Morgan fingerprint density at radius 2 is 1.88 bits per heavy atom. The number of aryl methyl sites for hydroxylation is 2. The largest absolute Gasteiger partial charge is 0.451 e. The van der Waals surface area contributed by atoms with Crippen LogP contribution in [0.1, 0.15) is 21.7 Å². The Hall–Kier alpha value is -2.24. The molecular formula is C19H16BrClN2O2. The number of benzene rings is 2. The number of furan rings is 1. The molecule has 128 valence electrons. The van der Waals surface area contributed by atoms with Gasteiger partial charge in [0.2, 0.25) is 0 Å². The van der Waals surface area contributed by atoms with Crippen molar-refractivity contribution in [2.75, 3.05) is 11.1 Å². The number of nitrogens with two attached hydrogens (primary N) is 1. The number of nitrogen functional groups attached to an aromatic ring is 1. The minimum Gasteiger partial charge on any atom is -0.451 e. The Balaban J connectivity index is 1.83. The molecule has 0 saturated carbocycles. The van der Waals surface area contributed by atoms with Crippen LogP contribution in [0.15, 0.2) is 51.4 Å². The van der Waals surface area contributed by atoms with Crippen molar-refractivity contribution < 1.29 is 9.21 Å². The molecule has 1 aromatic heterocycles. The summed E-state index contributed by atoms with van der Waals surface area (Å²) in [5, 5.41) is 3.27. The van der Waals surface area contributed by atoms with E-state index in [-0.39, 0.29) is 11.7 Å². The second kappa shape index (κ2) is 6.94. The Kier molecular flexibility index (Phi) is 4.88. The molecule has 0 bridgehead atoms. The van der Waals surface area contributed by atoms with E-state index in [1.165, 1.54) is 0 Å². The summed E-state index contributed by atoms with van der Waals surface area (Å²) >= 11 is 9.56. The molecule has 4 nitrogen and oxygen atoms in total. The molecule has 3 N–H and O–H groups in total. The highest BCUT2D eigenvalue weighted by molar-refractivity contribution is 9.10. The van der Waals surface area contributed by atoms with E-state index in [2.05, 4.69) is 21.2 Å². The van der Waals surface area contributed by atoms with Gasteiger partial charge in [-0.2, -0.15) is 0 Å². The molecule has 25 heavy (non-hydrogen) atoms. The van der Waals surface area contributed by atoms with Crippen LogP contribution >= 0.6 is 27.5 Å². The van der Waals surface area contributed by atoms with Crippen molar-refractivity contribution >= 4 is 44.8 Å². The molecule has 0 saturated heterocycles. The molecule has 0 fully saturated rings. The zero-order valence-electron chi connectivity index (χ0n) is 13.7. The second-order valence-electron chi connectivity index (χ2n) is 5.77. The van der Waals surface area contributed by atoms with Crippen LogP contribution in [0.25, 0.3) is 11.3 Å². The van der Waals surface area contributed by atoms with E-state index < -0.39 is 0 Å². The van der Waals surface area contributed by atoms with E-state index in [9.17, 15) is 4.79 Å². The highest BCUT2D eigenvalue weighted by Gasteiger charge is 2.15. The SMILES string of the molecule is Cc1cc(N)c(NC(=O)c2ccc(-c3ccc(Br)c(C)c3)o2)cc1Cl. The molecule has 0 radical (unpaired) electrons. The predicted octanol–water partition coefficient (Wildman–Crippen LogP) is 5.81. The van der Waals surface area contributed by atoms with E-state index in [0.29, 0.717) is 22.2 Å². The minimum atomic E-state index is -0.383. The molecular weight excluding hydrogens is 404 g/mol. The molecule has 6 heteroatoms. The van der Waals surface area contributed by atoms with Crippen LogP contribution in [-0.2, 0) is 0 Å². The van der Waals surface area contributed by atoms with Crippen molar-refractivity contribution in [3.8, 4) is 11.3 Å². The first-order chi connectivity index (χ1) is 11.8. The smallest absolute Gasteiger partial charge is 0.291 e. The second-order valence-corrected chi connectivity index (χ2v) is 7.03. The topological polar surface area (TPSA) is 68.3 Å². The van der Waals surface area contributed by atoms with Crippen molar-refractivity contribution in [3.63, 3.8) is 0 Å². The Morgan fingerprint density at radius 1 is 1.12 bits per heavy atom. The number of anilines is 2. The number of nitrogens with one attached hydrogen (secondary N) is 1. The van der Waals surface area contributed by atoms with Crippen molar-refractivity contribution in [3.05, 3.63) is 68.8 Å². The Labute approximate surface area is 159 Å². The van der Waals surface area contributed by atoms with Crippen LogP contribution in [0, 0.1) is 13.8 Å². The molecule has 0 aliphatic heterocycles. The van der Waals surface area contributed by atoms with Crippen molar-refractivity contribution in [2.45, 2.75) is 13.8 Å². The molecule has 0 aliphatic rings. The summed E-state index contributed by atoms with van der Waals surface area (Å²) in [6, 6.07) is 12.6. The van der Waals surface area contributed by atoms with Crippen LogP contribution in [-0.4, -0.2) is 5.91 Å². The van der Waals surface area contributed by atoms with Gasteiger partial charge in [-0.3, -0.25) is 4.79 Å². The standard InChI is InChI=1S/C19H16BrClN2O2/c1-10-7-12(3-4-13(10)20)17-5-6-18(25-17)19(24)23-16-9-14(21)11(2)8-15(16)22/h3-9H,22H2,1-2H3,(H,23,24). The number of hydrogen-bond acceptors (Lipinski definition) is 3. The van der Waals surface area contributed by atoms with Gasteiger partial charge in [0.05, 0.1) is 11.4 Å². The molecule has 0 atom stereocenters. The van der Waals surface area contributed by atoms with Crippen molar-refractivity contribution in [2.24, 2.45) is 0 Å². The average Bonchev–Trinajstić information content (AvgIpc) is 3.05. The third-order valence-corrected chi connectivity index (χ3v) is 5.15. The van der Waals surface area contributed by atoms with Gasteiger partial charge in [-0.1, -0.05) is 33.6 Å². The maximum atomic E-state index is 12.4. The molecule has 3 rings (SSSR count). The molecule has 0 unspecified atom stereocenters. The summed E-state index contributed by atoms with van der Waals surface area (Å²) in [6.07, 6.45) is 0. The summed E-state index contributed by atoms with van der Waals surface area (Å²) in [4.78, 5) is 12.4. The fourth-order valence-corrected chi connectivity index (χ4v) is 2.82. The van der Waals surface area contributed by atoms with Crippen LogP contribution < -0.4 is 11.1 Å². The highest BCUT2D eigenvalue weighted by Crippen LogP contribution is 2.29. The minimum absolute atomic E-state index is 0.201. The first kappa shape index (κ1) is 17.6. The van der Waals surface area contributed by atoms with Crippen LogP contribution in [0.4, 0.5) is 11.4 Å². The van der Waals surface area contributed by atoms with Crippen molar-refractivity contribution in [1.29, 1.82) is 0 Å². The zero-order valence-corrected chi connectivity index (χ0v) is 16.0. The first-order valence-corrected chi connectivity index (χ1v) is 8.75. The van der Waals surface area contributed by atoms with Gasteiger partial charge in [-0.25, -0.2) is 0 Å². The zero-order chi connectivity index (χ0) is 18.1. The number of hydrogen-bond donors (Lipinski definition) is 2. The van der Waals surface area contributed by atoms with E-state index in [0.717, 1.165) is 21.2 Å². The number of carbonyl (C=O) groups excluding carboxylic acids is 1.